The van der Waals surface area contributed by atoms with Crippen molar-refractivity contribution in [2.75, 3.05) is 47.1 Å². The average molecular weight is 244 g/mol. The first kappa shape index (κ1) is 14.4. The molecule has 0 spiro atoms. The molecule has 1 heterocycles. The number of hydrogen-bond donors (Lipinski definition) is 1. The van der Waals surface area contributed by atoms with Gasteiger partial charge in [-0.2, -0.15) is 0 Å². The first-order valence-corrected chi connectivity index (χ1v) is 6.25. The lowest BCUT2D eigenvalue weighted by Gasteiger charge is -2.24. The highest BCUT2D eigenvalue weighted by molar-refractivity contribution is 5.79. The molecule has 1 amide bonds. The van der Waals surface area contributed by atoms with Crippen molar-refractivity contribution in [3.63, 3.8) is 0 Å². The van der Waals surface area contributed by atoms with Crippen LogP contribution in [0.3, 0.4) is 0 Å². The molecule has 1 aliphatic heterocycles. The Morgan fingerprint density at radius 3 is 2.94 bits per heavy atom. The smallest absolute Gasteiger partial charge is 0.229 e. The van der Waals surface area contributed by atoms with Crippen LogP contribution in [0.2, 0.25) is 0 Å². The van der Waals surface area contributed by atoms with Gasteiger partial charge in [0, 0.05) is 26.7 Å². The Morgan fingerprint density at radius 2 is 2.29 bits per heavy atom. The Morgan fingerprint density at radius 1 is 1.53 bits per heavy atom. The van der Waals surface area contributed by atoms with Crippen molar-refractivity contribution in [2.45, 2.75) is 19.4 Å². The van der Waals surface area contributed by atoms with E-state index in [1.54, 1.807) is 12.0 Å². The van der Waals surface area contributed by atoms with E-state index in [9.17, 15) is 4.79 Å². The molecule has 0 bridgehead atoms. The molecule has 0 radical (unpaired) electrons. The second kappa shape index (κ2) is 7.63. The summed E-state index contributed by atoms with van der Waals surface area (Å²) in [6.45, 7) is 5.41. The van der Waals surface area contributed by atoms with Crippen LogP contribution >= 0.6 is 0 Å². The summed E-state index contributed by atoms with van der Waals surface area (Å²) in [5, 5.41) is 3.37. The van der Waals surface area contributed by atoms with Crippen molar-refractivity contribution in [3.05, 3.63) is 0 Å². The number of carbonyl (C=O) groups is 1. The Kier molecular flexibility index (Phi) is 6.47. The molecular formula is C12H24N2O3. The van der Waals surface area contributed by atoms with E-state index in [1.165, 1.54) is 0 Å². The summed E-state index contributed by atoms with van der Waals surface area (Å²) in [6, 6.07) is 0.160. The Labute approximate surface area is 103 Å². The minimum absolute atomic E-state index is 0.0524. The van der Waals surface area contributed by atoms with Crippen LogP contribution in [0.15, 0.2) is 0 Å². The van der Waals surface area contributed by atoms with Crippen LogP contribution in [0.25, 0.3) is 0 Å². The number of amides is 1. The number of nitrogens with one attached hydrogen (secondary N) is 1. The normalized spacial score (nSPS) is 23.9. The molecule has 0 aromatic heterocycles. The van der Waals surface area contributed by atoms with E-state index in [1.807, 2.05) is 7.05 Å². The minimum Gasteiger partial charge on any atom is -0.383 e. The average Bonchev–Trinajstić information content (AvgIpc) is 2.80. The molecule has 1 aliphatic rings. The Bertz CT molecular complexity index is 236. The largest absolute Gasteiger partial charge is 0.383 e. The number of methoxy groups -OCH3 is 1. The molecule has 2 atom stereocenters. The third-order valence-corrected chi connectivity index (χ3v) is 3.06. The summed E-state index contributed by atoms with van der Waals surface area (Å²) in [7, 11) is 3.46. The van der Waals surface area contributed by atoms with Gasteiger partial charge in [0.15, 0.2) is 0 Å². The van der Waals surface area contributed by atoms with E-state index in [4.69, 9.17) is 9.47 Å². The molecule has 100 valence electrons. The molecule has 1 N–H and O–H groups in total. The van der Waals surface area contributed by atoms with Crippen LogP contribution in [0, 0.1) is 5.92 Å². The van der Waals surface area contributed by atoms with Gasteiger partial charge in [0.2, 0.25) is 5.91 Å². The van der Waals surface area contributed by atoms with E-state index >= 15 is 0 Å². The van der Waals surface area contributed by atoms with Gasteiger partial charge in [-0.25, -0.2) is 0 Å². The fraction of sp³-hybridized carbons (Fsp3) is 0.917. The summed E-state index contributed by atoms with van der Waals surface area (Å²) < 4.78 is 10.4. The monoisotopic (exact) mass is 244 g/mol. The van der Waals surface area contributed by atoms with Gasteiger partial charge in [0.1, 0.15) is 0 Å². The van der Waals surface area contributed by atoms with Gasteiger partial charge in [-0.15, -0.1) is 0 Å². The second-order valence-electron chi connectivity index (χ2n) is 4.46. The summed E-state index contributed by atoms with van der Waals surface area (Å²) in [6.07, 6.45) is 1.07. The predicted molar refractivity (Wildman–Crippen MR) is 65.9 cm³/mol. The molecule has 0 saturated carbocycles. The van der Waals surface area contributed by atoms with E-state index in [0.29, 0.717) is 26.4 Å². The lowest BCUT2D eigenvalue weighted by atomic mass is 10.0. The third kappa shape index (κ3) is 4.26. The third-order valence-electron chi connectivity index (χ3n) is 3.06. The number of rotatable bonds is 7. The maximum atomic E-state index is 12.2. The van der Waals surface area contributed by atoms with Crippen molar-refractivity contribution in [1.29, 1.82) is 0 Å². The highest BCUT2D eigenvalue weighted by Crippen LogP contribution is 2.16. The van der Waals surface area contributed by atoms with Gasteiger partial charge in [-0.1, -0.05) is 6.92 Å². The van der Waals surface area contributed by atoms with Gasteiger partial charge in [-0.3, -0.25) is 4.79 Å². The quantitative estimate of drug-likeness (QED) is 0.690. The Balaban J connectivity index is 2.43. The lowest BCUT2D eigenvalue weighted by Crippen LogP contribution is -2.45. The van der Waals surface area contributed by atoms with Crippen LogP contribution in [0.4, 0.5) is 0 Å². The second-order valence-corrected chi connectivity index (χ2v) is 4.46. The standard InChI is InChI=1S/C12H24N2O3/c1-4-5-13-11-9-17-8-10(11)12(15)14(2)6-7-16-3/h10-11,13H,4-9H2,1-3H3. The molecule has 0 aromatic rings. The Hall–Kier alpha value is -0.650. The van der Waals surface area contributed by atoms with Crippen molar-refractivity contribution in [3.8, 4) is 0 Å². The molecule has 1 fully saturated rings. The molecule has 0 aromatic carbocycles. The maximum Gasteiger partial charge on any atom is 0.229 e. The zero-order valence-electron chi connectivity index (χ0n) is 11.1. The number of nitrogens with zero attached hydrogens (tertiary/aromatic N) is 1. The summed E-state index contributed by atoms with van der Waals surface area (Å²) in [5.41, 5.74) is 0. The molecular weight excluding hydrogens is 220 g/mol. The van der Waals surface area contributed by atoms with Crippen LogP contribution in [0.1, 0.15) is 13.3 Å². The zero-order valence-corrected chi connectivity index (χ0v) is 11.1. The van der Waals surface area contributed by atoms with E-state index in [-0.39, 0.29) is 17.9 Å². The van der Waals surface area contributed by atoms with E-state index in [0.717, 1.165) is 13.0 Å². The van der Waals surface area contributed by atoms with Crippen molar-refractivity contribution in [2.24, 2.45) is 5.92 Å². The fourth-order valence-electron chi connectivity index (χ4n) is 1.95. The van der Waals surface area contributed by atoms with Crippen molar-refractivity contribution in [1.82, 2.24) is 10.2 Å². The summed E-state index contributed by atoms with van der Waals surface area (Å²) >= 11 is 0. The number of hydrogen-bond acceptors (Lipinski definition) is 4. The maximum absolute atomic E-state index is 12.2. The molecule has 5 heteroatoms. The van der Waals surface area contributed by atoms with Crippen LogP contribution in [-0.4, -0.2) is 63.9 Å². The van der Waals surface area contributed by atoms with Crippen LogP contribution in [0.5, 0.6) is 0 Å². The topological polar surface area (TPSA) is 50.8 Å². The first-order chi connectivity index (χ1) is 8.20. The van der Waals surface area contributed by atoms with E-state index < -0.39 is 0 Å². The highest BCUT2D eigenvalue weighted by atomic mass is 16.5. The van der Waals surface area contributed by atoms with Crippen molar-refractivity contribution < 1.29 is 14.3 Å². The van der Waals surface area contributed by atoms with Gasteiger partial charge < -0.3 is 19.7 Å². The summed E-state index contributed by atoms with van der Waals surface area (Å²) in [4.78, 5) is 13.9. The first-order valence-electron chi connectivity index (χ1n) is 6.25. The molecule has 1 rings (SSSR count). The fourth-order valence-corrected chi connectivity index (χ4v) is 1.95. The predicted octanol–water partition coefficient (Wildman–Crippen LogP) is 0.106. The van der Waals surface area contributed by atoms with Crippen molar-refractivity contribution >= 4 is 5.91 Å². The summed E-state index contributed by atoms with van der Waals surface area (Å²) in [5.74, 6) is 0.0940. The van der Waals surface area contributed by atoms with Gasteiger partial charge >= 0.3 is 0 Å². The molecule has 2 unspecified atom stereocenters. The van der Waals surface area contributed by atoms with Crippen LogP contribution < -0.4 is 5.32 Å². The SMILES string of the molecule is CCCNC1COCC1C(=O)N(C)CCOC. The van der Waals surface area contributed by atoms with E-state index in [2.05, 4.69) is 12.2 Å². The number of likely N-dealkylation sites (N-methyl/N-ethyl adjacent to an activating group) is 1. The molecule has 17 heavy (non-hydrogen) atoms. The molecule has 1 saturated heterocycles. The zero-order chi connectivity index (χ0) is 12.7. The van der Waals surface area contributed by atoms with Gasteiger partial charge in [-0.05, 0) is 13.0 Å². The molecule has 5 nitrogen and oxygen atoms in total. The number of carbonyl (C=O) groups excluding carboxylic acids is 1. The number of ether oxygens (including phenoxy) is 2. The molecule has 0 aliphatic carbocycles. The van der Waals surface area contributed by atoms with Gasteiger partial charge in [0.05, 0.1) is 25.7 Å². The van der Waals surface area contributed by atoms with Crippen LogP contribution in [-0.2, 0) is 14.3 Å². The lowest BCUT2D eigenvalue weighted by molar-refractivity contribution is -0.135. The highest BCUT2D eigenvalue weighted by Gasteiger charge is 2.35. The van der Waals surface area contributed by atoms with Gasteiger partial charge in [0.25, 0.3) is 0 Å². The minimum atomic E-state index is -0.0524.